The number of thiophene rings is 1. The first-order chi connectivity index (χ1) is 15.4. The summed E-state index contributed by atoms with van der Waals surface area (Å²) in [4.78, 5) is 36.1. The van der Waals surface area contributed by atoms with Gasteiger partial charge < -0.3 is 4.74 Å². The van der Waals surface area contributed by atoms with Gasteiger partial charge in [-0.3, -0.25) is 10.2 Å². The quantitative estimate of drug-likeness (QED) is 0.479. The molecule has 1 aliphatic heterocycles. The Bertz CT molecular complexity index is 1490. The van der Waals surface area contributed by atoms with Gasteiger partial charge in [0.1, 0.15) is 15.0 Å². The SMILES string of the molecule is CCOC(=O)C1=NN(c2ccc(C)cc2)c2nc3c(sc4nc(C)cc(C)c43)c(=O)n2N1. The van der Waals surface area contributed by atoms with Crippen LogP contribution < -0.4 is 16.0 Å². The molecule has 0 atom stereocenters. The van der Waals surface area contributed by atoms with Crippen molar-refractivity contribution in [1.82, 2.24) is 14.6 Å². The fraction of sp³-hybridized carbons (Fsp3) is 0.227. The standard InChI is InChI=1S/C22H20N6O3S/c1-5-31-21(30)18-25-27(14-8-6-11(2)7-9-14)22-24-16-15-12(3)10-13(4)23-19(15)32-17(16)20(29)28(22)26-18/h6-10H,5H2,1-4H3,(H,25,26). The molecule has 0 aliphatic carbocycles. The van der Waals surface area contributed by atoms with Crippen LogP contribution in [0.1, 0.15) is 23.7 Å². The van der Waals surface area contributed by atoms with Crippen molar-refractivity contribution in [3.05, 3.63) is 57.5 Å². The van der Waals surface area contributed by atoms with E-state index in [1.807, 2.05) is 51.1 Å². The van der Waals surface area contributed by atoms with Gasteiger partial charge in [0.15, 0.2) is 0 Å². The van der Waals surface area contributed by atoms with Crippen molar-refractivity contribution in [3.63, 3.8) is 0 Å². The van der Waals surface area contributed by atoms with Gasteiger partial charge in [0, 0.05) is 11.1 Å². The molecule has 1 aromatic carbocycles. The van der Waals surface area contributed by atoms with Crippen molar-refractivity contribution in [2.75, 3.05) is 17.0 Å². The molecular formula is C22H20N6O3S. The molecule has 4 aromatic rings. The number of amidine groups is 1. The molecular weight excluding hydrogens is 428 g/mol. The first-order valence-corrected chi connectivity index (χ1v) is 10.9. The topological polar surface area (TPSA) is 102 Å². The molecule has 5 rings (SSSR count). The third-order valence-electron chi connectivity index (χ3n) is 5.13. The monoisotopic (exact) mass is 448 g/mol. The van der Waals surface area contributed by atoms with E-state index in [-0.39, 0.29) is 24.0 Å². The van der Waals surface area contributed by atoms with Crippen LogP contribution in [0.5, 0.6) is 0 Å². The van der Waals surface area contributed by atoms with Crippen LogP contribution in [0.25, 0.3) is 20.4 Å². The van der Waals surface area contributed by atoms with Gasteiger partial charge in [-0.2, -0.15) is 9.69 Å². The first kappa shape index (κ1) is 20.1. The number of ether oxygens (including phenoxy) is 1. The molecule has 3 aromatic heterocycles. The van der Waals surface area contributed by atoms with Gasteiger partial charge in [-0.25, -0.2) is 14.8 Å². The Hall–Kier alpha value is -3.79. The van der Waals surface area contributed by atoms with Gasteiger partial charge in [-0.15, -0.1) is 16.4 Å². The second-order valence-corrected chi connectivity index (χ2v) is 8.52. The number of nitrogens with one attached hydrogen (secondary N) is 1. The van der Waals surface area contributed by atoms with Crippen LogP contribution in [-0.4, -0.2) is 33.1 Å². The minimum atomic E-state index is -0.660. The smallest absolute Gasteiger partial charge is 0.377 e. The highest BCUT2D eigenvalue weighted by Gasteiger charge is 2.29. The lowest BCUT2D eigenvalue weighted by atomic mass is 10.1. The van der Waals surface area contributed by atoms with E-state index in [2.05, 4.69) is 15.5 Å². The summed E-state index contributed by atoms with van der Waals surface area (Å²) >= 11 is 1.29. The third-order valence-corrected chi connectivity index (χ3v) is 6.19. The predicted molar refractivity (Wildman–Crippen MR) is 125 cm³/mol. The van der Waals surface area contributed by atoms with Gasteiger partial charge in [0.25, 0.3) is 17.3 Å². The molecule has 4 heterocycles. The van der Waals surface area contributed by atoms with Crippen molar-refractivity contribution in [3.8, 4) is 0 Å². The zero-order valence-electron chi connectivity index (χ0n) is 18.0. The Balaban J connectivity index is 1.80. The summed E-state index contributed by atoms with van der Waals surface area (Å²) in [5.41, 5.74) is 6.62. The summed E-state index contributed by atoms with van der Waals surface area (Å²) in [5, 5.41) is 6.74. The van der Waals surface area contributed by atoms with Crippen LogP contribution in [0.3, 0.4) is 0 Å². The molecule has 10 heteroatoms. The Morgan fingerprint density at radius 3 is 2.62 bits per heavy atom. The Labute approximate surface area is 186 Å². The number of hydrogen-bond acceptors (Lipinski definition) is 9. The molecule has 0 saturated heterocycles. The number of carbonyl (C=O) groups is 1. The van der Waals surface area contributed by atoms with E-state index < -0.39 is 5.97 Å². The van der Waals surface area contributed by atoms with E-state index in [0.717, 1.165) is 27.0 Å². The van der Waals surface area contributed by atoms with E-state index in [0.29, 0.717) is 15.9 Å². The van der Waals surface area contributed by atoms with E-state index in [9.17, 15) is 9.59 Å². The molecule has 9 nitrogen and oxygen atoms in total. The van der Waals surface area contributed by atoms with Crippen molar-refractivity contribution >= 4 is 55.2 Å². The molecule has 32 heavy (non-hydrogen) atoms. The van der Waals surface area contributed by atoms with Crippen LogP contribution in [-0.2, 0) is 9.53 Å². The van der Waals surface area contributed by atoms with Crippen LogP contribution in [0.15, 0.2) is 40.2 Å². The number of benzene rings is 1. The molecule has 1 N–H and O–H groups in total. The van der Waals surface area contributed by atoms with Gasteiger partial charge >= 0.3 is 5.97 Å². The van der Waals surface area contributed by atoms with Gasteiger partial charge in [-0.05, 0) is 51.5 Å². The number of aryl methyl sites for hydroxylation is 3. The number of pyridine rings is 1. The highest BCUT2D eigenvalue weighted by Crippen LogP contribution is 2.35. The number of esters is 1. The van der Waals surface area contributed by atoms with Crippen molar-refractivity contribution in [2.45, 2.75) is 27.7 Å². The lowest BCUT2D eigenvalue weighted by Gasteiger charge is -2.27. The number of rotatable bonds is 3. The van der Waals surface area contributed by atoms with E-state index in [4.69, 9.17) is 9.72 Å². The zero-order valence-corrected chi connectivity index (χ0v) is 18.8. The molecule has 0 radical (unpaired) electrons. The second-order valence-electron chi connectivity index (χ2n) is 7.52. The largest absolute Gasteiger partial charge is 0.460 e. The van der Waals surface area contributed by atoms with Gasteiger partial charge in [0.2, 0.25) is 0 Å². The normalized spacial score (nSPS) is 13.1. The van der Waals surface area contributed by atoms with Crippen molar-refractivity contribution in [2.24, 2.45) is 5.10 Å². The van der Waals surface area contributed by atoms with Crippen LogP contribution in [0.2, 0.25) is 0 Å². The fourth-order valence-electron chi connectivity index (χ4n) is 3.68. The lowest BCUT2D eigenvalue weighted by molar-refractivity contribution is -0.135. The van der Waals surface area contributed by atoms with Crippen LogP contribution in [0, 0.1) is 20.8 Å². The number of nitrogens with zero attached hydrogens (tertiary/aromatic N) is 5. The number of hydrazone groups is 1. The minimum Gasteiger partial charge on any atom is -0.460 e. The Kier molecular flexibility index (Phi) is 4.66. The zero-order chi connectivity index (χ0) is 22.6. The molecule has 0 unspecified atom stereocenters. The van der Waals surface area contributed by atoms with Crippen LogP contribution in [0.4, 0.5) is 11.6 Å². The summed E-state index contributed by atoms with van der Waals surface area (Å²) in [6.07, 6.45) is 0. The third kappa shape index (κ3) is 3.11. The number of fused-ring (bicyclic) bond motifs is 4. The van der Waals surface area contributed by atoms with E-state index in [1.54, 1.807) is 6.92 Å². The van der Waals surface area contributed by atoms with Crippen molar-refractivity contribution in [1.29, 1.82) is 0 Å². The van der Waals surface area contributed by atoms with Crippen LogP contribution >= 0.6 is 11.3 Å². The lowest BCUT2D eigenvalue weighted by Crippen LogP contribution is -2.45. The number of carbonyl (C=O) groups excluding carboxylic acids is 1. The molecule has 1 aliphatic rings. The van der Waals surface area contributed by atoms with Gasteiger partial charge in [0.05, 0.1) is 12.3 Å². The maximum atomic E-state index is 13.5. The summed E-state index contributed by atoms with van der Waals surface area (Å²) in [6.45, 7) is 7.77. The van der Waals surface area contributed by atoms with Crippen molar-refractivity contribution < 1.29 is 9.53 Å². The summed E-state index contributed by atoms with van der Waals surface area (Å²) in [7, 11) is 0. The second kappa shape index (κ2) is 7.41. The number of hydrogen-bond donors (Lipinski definition) is 1. The predicted octanol–water partition coefficient (Wildman–Crippen LogP) is 3.50. The molecule has 0 spiro atoms. The summed E-state index contributed by atoms with van der Waals surface area (Å²) in [5.74, 6) is -0.514. The highest BCUT2D eigenvalue weighted by atomic mass is 32.1. The summed E-state index contributed by atoms with van der Waals surface area (Å²) in [6, 6.07) is 9.54. The average molecular weight is 449 g/mol. The molecule has 162 valence electrons. The van der Waals surface area contributed by atoms with Gasteiger partial charge in [-0.1, -0.05) is 17.7 Å². The number of anilines is 2. The molecule has 0 amide bonds. The average Bonchev–Trinajstić information content (AvgIpc) is 3.13. The Morgan fingerprint density at radius 1 is 1.16 bits per heavy atom. The maximum Gasteiger partial charge on any atom is 0.377 e. The van der Waals surface area contributed by atoms with E-state index >= 15 is 0 Å². The maximum absolute atomic E-state index is 13.5. The van der Waals surface area contributed by atoms with E-state index in [1.165, 1.54) is 21.0 Å². The molecule has 0 fully saturated rings. The first-order valence-electron chi connectivity index (χ1n) is 10.1. The Morgan fingerprint density at radius 2 is 1.91 bits per heavy atom. The molecule has 0 saturated carbocycles. The fourth-order valence-corrected chi connectivity index (χ4v) is 4.84. The highest BCUT2D eigenvalue weighted by molar-refractivity contribution is 7.25. The number of aromatic nitrogens is 3. The summed E-state index contributed by atoms with van der Waals surface area (Å²) < 4.78 is 6.79. The minimum absolute atomic E-state index is 0.102. The molecule has 0 bridgehead atoms.